The van der Waals surface area contributed by atoms with Crippen molar-refractivity contribution in [2.75, 3.05) is 55.9 Å². The molecule has 0 amide bonds. The number of aliphatic hydroxyl groups is 1. The van der Waals surface area contributed by atoms with E-state index in [-0.39, 0.29) is 43.1 Å². The second-order valence-electron chi connectivity index (χ2n) is 8.40. The minimum absolute atomic E-state index is 0.0894. The zero-order valence-electron chi connectivity index (χ0n) is 18.0. The number of nitrogens with zero attached hydrogens (tertiary/aromatic N) is 3. The summed E-state index contributed by atoms with van der Waals surface area (Å²) >= 11 is 5.20. The van der Waals surface area contributed by atoms with Gasteiger partial charge in [-0.05, 0) is 25.2 Å². The number of rotatable bonds is 11. The van der Waals surface area contributed by atoms with Crippen molar-refractivity contribution in [1.29, 1.82) is 0 Å². The first-order valence-electron chi connectivity index (χ1n) is 9.95. The zero-order valence-corrected chi connectivity index (χ0v) is 20.7. The van der Waals surface area contributed by atoms with Crippen molar-refractivity contribution >= 4 is 42.1 Å². The Kier molecular flexibility index (Phi) is 9.21. The second kappa shape index (κ2) is 11.0. The maximum absolute atomic E-state index is 13.4. The Balaban J connectivity index is 2.31. The lowest BCUT2D eigenvalue weighted by atomic mass is 10.3. The van der Waals surface area contributed by atoms with Gasteiger partial charge in [-0.15, -0.1) is 0 Å². The topological polar surface area (TPSA) is 120 Å². The summed E-state index contributed by atoms with van der Waals surface area (Å²) in [5, 5.41) is 12.3. The molecular weight excluding hydrogens is 446 g/mol. The highest BCUT2D eigenvalue weighted by Crippen LogP contribution is 2.22. The van der Waals surface area contributed by atoms with E-state index in [9.17, 15) is 13.5 Å². The van der Waals surface area contributed by atoms with Gasteiger partial charge in [0.1, 0.15) is 12.5 Å². The van der Waals surface area contributed by atoms with E-state index in [1.807, 2.05) is 0 Å². The number of aliphatic hydroxyl groups excluding tert-OH is 1. The molecule has 30 heavy (non-hydrogen) atoms. The van der Waals surface area contributed by atoms with Gasteiger partial charge in [-0.2, -0.15) is 12.7 Å². The number of aromatic nitrogens is 2. The number of H-pyrrole nitrogens is 1. The highest BCUT2D eigenvalue weighted by atomic mass is 32.2. The van der Waals surface area contributed by atoms with Crippen LogP contribution in [-0.2, 0) is 19.7 Å². The predicted molar refractivity (Wildman–Crippen MR) is 122 cm³/mol. The van der Waals surface area contributed by atoms with Crippen LogP contribution in [0.25, 0.3) is 0 Å². The van der Waals surface area contributed by atoms with Crippen LogP contribution in [0.2, 0.25) is 25.7 Å². The lowest BCUT2D eigenvalue weighted by molar-refractivity contribution is 0.0720. The molecule has 2 heterocycles. The van der Waals surface area contributed by atoms with E-state index < -0.39 is 18.3 Å². The van der Waals surface area contributed by atoms with Gasteiger partial charge in [-0.25, -0.2) is 9.29 Å². The van der Waals surface area contributed by atoms with E-state index in [0.717, 1.165) is 10.3 Å². The molecule has 1 fully saturated rings. The SMILES string of the molecule is C[C@H](CO)Nc1cc(N(COCC[Si](C)(C)C)S(=O)(=O)N2CCOCC2)nc(=S)[nH]1. The fourth-order valence-corrected chi connectivity index (χ4v) is 5.04. The molecule has 2 rings (SSSR count). The minimum Gasteiger partial charge on any atom is -0.394 e. The van der Waals surface area contributed by atoms with Gasteiger partial charge in [0.15, 0.2) is 10.6 Å². The van der Waals surface area contributed by atoms with Crippen molar-refractivity contribution in [3.05, 3.63) is 10.8 Å². The summed E-state index contributed by atoms with van der Waals surface area (Å²) in [5.41, 5.74) is 0. The van der Waals surface area contributed by atoms with Crippen LogP contribution in [-0.4, -0.2) is 88.2 Å². The van der Waals surface area contributed by atoms with Crippen LogP contribution < -0.4 is 9.62 Å². The Morgan fingerprint density at radius 2 is 2.10 bits per heavy atom. The molecule has 0 aliphatic carbocycles. The van der Waals surface area contributed by atoms with Gasteiger partial charge < -0.3 is 24.9 Å². The number of aromatic amines is 1. The highest BCUT2D eigenvalue weighted by molar-refractivity contribution is 7.90. The van der Waals surface area contributed by atoms with Crippen molar-refractivity contribution in [2.24, 2.45) is 0 Å². The third-order valence-electron chi connectivity index (χ3n) is 4.44. The second-order valence-corrected chi connectivity index (χ2v) is 16.3. The van der Waals surface area contributed by atoms with E-state index in [1.165, 1.54) is 4.31 Å². The predicted octanol–water partition coefficient (Wildman–Crippen LogP) is 1.63. The van der Waals surface area contributed by atoms with Crippen molar-refractivity contribution in [2.45, 2.75) is 38.7 Å². The summed E-state index contributed by atoms with van der Waals surface area (Å²) in [6.45, 7) is 9.92. The van der Waals surface area contributed by atoms with Gasteiger partial charge in [-0.3, -0.25) is 0 Å². The highest BCUT2D eigenvalue weighted by Gasteiger charge is 2.33. The lowest BCUT2D eigenvalue weighted by Crippen LogP contribution is -2.49. The Labute approximate surface area is 184 Å². The van der Waals surface area contributed by atoms with Crippen molar-refractivity contribution < 1.29 is 23.0 Å². The molecule has 1 aliphatic rings. The number of hydrogen-bond acceptors (Lipinski definition) is 8. The maximum atomic E-state index is 13.4. The van der Waals surface area contributed by atoms with E-state index >= 15 is 0 Å². The van der Waals surface area contributed by atoms with Crippen molar-refractivity contribution in [3.63, 3.8) is 0 Å². The van der Waals surface area contributed by atoms with Crippen LogP contribution in [0, 0.1) is 4.77 Å². The van der Waals surface area contributed by atoms with Gasteiger partial charge in [0.05, 0.1) is 19.8 Å². The molecule has 3 N–H and O–H groups in total. The summed E-state index contributed by atoms with van der Waals surface area (Å²) in [6.07, 6.45) is 0. The number of nitrogens with one attached hydrogen (secondary N) is 2. The molecule has 0 aromatic carbocycles. The van der Waals surface area contributed by atoms with Crippen molar-refractivity contribution in [1.82, 2.24) is 14.3 Å². The van der Waals surface area contributed by atoms with E-state index in [1.54, 1.807) is 13.0 Å². The standard InChI is InChI=1S/C17H33N5O5S2Si/c1-14(12-23)18-15-11-16(20-17(28)19-15)22(13-27-9-10-30(2,3)4)29(24,25)21-5-7-26-8-6-21/h11,14,23H,5-10,12-13H2,1-4H3,(H2,18,19,20,28)/t14-/m1/s1. The Morgan fingerprint density at radius 3 is 2.70 bits per heavy atom. The first kappa shape index (κ1) is 25.2. The summed E-state index contributed by atoms with van der Waals surface area (Å²) in [5.74, 6) is 0.627. The first-order valence-corrected chi connectivity index (χ1v) is 15.5. The monoisotopic (exact) mass is 479 g/mol. The first-order chi connectivity index (χ1) is 14.0. The van der Waals surface area contributed by atoms with E-state index in [4.69, 9.17) is 21.7 Å². The molecule has 1 atom stereocenters. The quantitative estimate of drug-likeness (QED) is 0.190. The Hall–Kier alpha value is -1.09. The summed E-state index contributed by atoms with van der Waals surface area (Å²) in [6, 6.07) is 2.23. The van der Waals surface area contributed by atoms with E-state index in [0.29, 0.717) is 25.6 Å². The van der Waals surface area contributed by atoms with Crippen LogP contribution in [0.1, 0.15) is 6.92 Å². The van der Waals surface area contributed by atoms with Gasteiger partial charge in [-0.1, -0.05) is 19.6 Å². The number of ether oxygens (including phenoxy) is 2. The van der Waals surface area contributed by atoms with Crippen molar-refractivity contribution in [3.8, 4) is 0 Å². The zero-order chi connectivity index (χ0) is 22.4. The normalized spacial score (nSPS) is 17.0. The fourth-order valence-electron chi connectivity index (χ4n) is 2.65. The summed E-state index contributed by atoms with van der Waals surface area (Å²) < 4.78 is 40.4. The van der Waals surface area contributed by atoms with E-state index in [2.05, 4.69) is 34.9 Å². The van der Waals surface area contributed by atoms with Crippen LogP contribution in [0.4, 0.5) is 11.6 Å². The molecule has 1 aromatic rings. The van der Waals surface area contributed by atoms with Crippen LogP contribution in [0.15, 0.2) is 6.07 Å². The third kappa shape index (κ3) is 7.55. The Morgan fingerprint density at radius 1 is 1.43 bits per heavy atom. The maximum Gasteiger partial charge on any atom is 0.307 e. The van der Waals surface area contributed by atoms with Crippen LogP contribution in [0.3, 0.4) is 0 Å². The molecule has 172 valence electrons. The van der Waals surface area contributed by atoms with Crippen LogP contribution in [0.5, 0.6) is 0 Å². The third-order valence-corrected chi connectivity index (χ3v) is 8.21. The molecule has 1 aliphatic heterocycles. The molecule has 0 bridgehead atoms. The number of hydrogen-bond donors (Lipinski definition) is 3. The smallest absolute Gasteiger partial charge is 0.307 e. The van der Waals surface area contributed by atoms with Gasteiger partial charge in [0, 0.05) is 39.9 Å². The minimum atomic E-state index is -3.89. The molecule has 0 saturated carbocycles. The molecule has 10 nitrogen and oxygen atoms in total. The van der Waals surface area contributed by atoms with Crippen LogP contribution >= 0.6 is 12.2 Å². The fraction of sp³-hybridized carbons (Fsp3) is 0.765. The van der Waals surface area contributed by atoms with Gasteiger partial charge in [0.2, 0.25) is 0 Å². The molecular formula is C17H33N5O5S2Si. The average molecular weight is 480 g/mol. The number of morpholine rings is 1. The largest absolute Gasteiger partial charge is 0.394 e. The summed E-state index contributed by atoms with van der Waals surface area (Å²) in [4.78, 5) is 7.11. The molecule has 1 aromatic heterocycles. The summed E-state index contributed by atoms with van der Waals surface area (Å²) in [7, 11) is -5.21. The number of anilines is 2. The molecule has 1 saturated heterocycles. The molecule has 0 unspecified atom stereocenters. The average Bonchev–Trinajstić information content (AvgIpc) is 2.67. The molecule has 0 radical (unpaired) electrons. The Bertz CT molecular complexity index is 840. The van der Waals surface area contributed by atoms with Gasteiger partial charge >= 0.3 is 10.2 Å². The van der Waals surface area contributed by atoms with Gasteiger partial charge in [0.25, 0.3) is 0 Å². The molecule has 0 spiro atoms. The lowest BCUT2D eigenvalue weighted by Gasteiger charge is -2.32. The molecule has 13 heteroatoms.